The van der Waals surface area contributed by atoms with Gasteiger partial charge in [-0.15, -0.1) is 0 Å². The number of para-hydroxylation sites is 3. The van der Waals surface area contributed by atoms with Gasteiger partial charge in [0.05, 0.1) is 11.0 Å². The van der Waals surface area contributed by atoms with Crippen LogP contribution >= 0.6 is 0 Å². The fourth-order valence-corrected chi connectivity index (χ4v) is 8.32. The van der Waals surface area contributed by atoms with E-state index in [0.717, 1.165) is 77.4 Å². The summed E-state index contributed by atoms with van der Waals surface area (Å²) in [5, 5.41) is 6.55. The molecule has 6 nitrogen and oxygen atoms in total. The van der Waals surface area contributed by atoms with Gasteiger partial charge in [0.2, 0.25) is 0 Å². The summed E-state index contributed by atoms with van der Waals surface area (Å²) in [7, 11) is 0. The highest BCUT2D eigenvalue weighted by Crippen LogP contribution is 2.39. The lowest BCUT2D eigenvalue weighted by atomic mass is 10.00. The summed E-state index contributed by atoms with van der Waals surface area (Å²) in [6, 6.07) is 62.9. The molecule has 12 aromatic rings. The van der Waals surface area contributed by atoms with Gasteiger partial charge in [0.15, 0.2) is 17.5 Å². The molecule has 6 heteroatoms. The summed E-state index contributed by atoms with van der Waals surface area (Å²) < 4.78 is 14.9. The fourth-order valence-electron chi connectivity index (χ4n) is 8.32. The molecule has 0 aliphatic rings. The Bertz CT molecular complexity index is 3530. The van der Waals surface area contributed by atoms with E-state index in [1.54, 1.807) is 0 Å². The Kier molecular flexibility index (Phi) is 6.83. The van der Waals surface area contributed by atoms with Crippen LogP contribution in [0.15, 0.2) is 191 Å². The molecular formula is C51H30N4O2. The van der Waals surface area contributed by atoms with E-state index in [1.807, 2.05) is 72.8 Å². The maximum absolute atomic E-state index is 6.40. The van der Waals surface area contributed by atoms with E-state index in [0.29, 0.717) is 17.5 Å². The monoisotopic (exact) mass is 730 g/mol. The molecule has 0 saturated carbocycles. The maximum Gasteiger partial charge on any atom is 0.164 e. The number of rotatable bonds is 5. The largest absolute Gasteiger partial charge is 0.456 e. The molecule has 8 aromatic carbocycles. The highest BCUT2D eigenvalue weighted by Gasteiger charge is 2.18. The van der Waals surface area contributed by atoms with Crippen LogP contribution in [0.5, 0.6) is 0 Å². The van der Waals surface area contributed by atoms with E-state index < -0.39 is 0 Å². The first-order valence-corrected chi connectivity index (χ1v) is 19.0. The van der Waals surface area contributed by atoms with Crippen molar-refractivity contribution in [2.75, 3.05) is 0 Å². The maximum atomic E-state index is 6.40. The normalized spacial score (nSPS) is 11.9. The Labute approximate surface area is 325 Å². The molecule has 0 spiro atoms. The third kappa shape index (κ3) is 5.08. The highest BCUT2D eigenvalue weighted by molar-refractivity contribution is 6.12. The van der Waals surface area contributed by atoms with Crippen LogP contribution in [0.2, 0.25) is 0 Å². The Morgan fingerprint density at radius 3 is 1.40 bits per heavy atom. The Morgan fingerprint density at radius 1 is 0.298 bits per heavy atom. The molecule has 0 amide bonds. The minimum atomic E-state index is 0.587. The number of furan rings is 2. The SMILES string of the molecule is c1ccc(-c2nc(-c3ccc4oc5ccccc5c4c3)nc(-c3ccc4oc5ccc(-c6ccc7c(c6)c6ccccc6n7-c6ccccc6)cc5c4c3)n2)cc1. The molecule has 0 aliphatic carbocycles. The zero-order valence-corrected chi connectivity index (χ0v) is 30.4. The average molecular weight is 731 g/mol. The third-order valence-electron chi connectivity index (χ3n) is 11.1. The predicted octanol–water partition coefficient (Wildman–Crippen LogP) is 13.4. The van der Waals surface area contributed by atoms with Crippen molar-refractivity contribution < 1.29 is 8.83 Å². The quantitative estimate of drug-likeness (QED) is 0.176. The summed E-state index contributed by atoms with van der Waals surface area (Å²) in [4.78, 5) is 15.1. The van der Waals surface area contributed by atoms with Crippen molar-refractivity contribution in [2.45, 2.75) is 0 Å². The van der Waals surface area contributed by atoms with Crippen LogP contribution < -0.4 is 0 Å². The standard InChI is InChI=1S/C51H30N4O2/c1-3-11-31(12-4-1)49-52-50(34-21-25-46-40(29-34)38-16-8-10-18-45(38)56-46)54-51(53-49)35-22-26-48-42(30-35)41-28-33(20-24-47(41)57-48)32-19-23-44-39(27-32)37-15-7-9-17-43(37)55(44)36-13-5-2-6-14-36/h1-30H. The molecule has 0 N–H and O–H groups in total. The van der Waals surface area contributed by atoms with Crippen molar-refractivity contribution in [3.05, 3.63) is 182 Å². The fraction of sp³-hybridized carbons (Fsp3) is 0. The van der Waals surface area contributed by atoms with Crippen molar-refractivity contribution in [3.63, 3.8) is 0 Å². The smallest absolute Gasteiger partial charge is 0.164 e. The van der Waals surface area contributed by atoms with E-state index in [4.69, 9.17) is 23.8 Å². The van der Waals surface area contributed by atoms with Crippen molar-refractivity contribution in [1.29, 1.82) is 0 Å². The predicted molar refractivity (Wildman–Crippen MR) is 230 cm³/mol. The van der Waals surface area contributed by atoms with Crippen molar-refractivity contribution in [3.8, 4) is 51.0 Å². The van der Waals surface area contributed by atoms with Gasteiger partial charge in [0.25, 0.3) is 0 Å². The number of nitrogens with zero attached hydrogens (tertiary/aromatic N) is 4. The molecule has 4 heterocycles. The second kappa shape index (κ2) is 12.3. The van der Waals surface area contributed by atoms with E-state index in [9.17, 15) is 0 Å². The van der Waals surface area contributed by atoms with Crippen molar-refractivity contribution in [1.82, 2.24) is 19.5 Å². The van der Waals surface area contributed by atoms with Gasteiger partial charge in [-0.2, -0.15) is 0 Å². The Balaban J connectivity index is 0.995. The topological polar surface area (TPSA) is 69.9 Å². The number of fused-ring (bicyclic) bond motifs is 9. The van der Waals surface area contributed by atoms with Crippen LogP contribution in [0, 0.1) is 0 Å². The molecule has 0 aliphatic heterocycles. The summed E-state index contributed by atoms with van der Waals surface area (Å²) in [6.07, 6.45) is 0. The number of benzene rings is 8. The lowest BCUT2D eigenvalue weighted by molar-refractivity contribution is 0.668. The van der Waals surface area contributed by atoms with Gasteiger partial charge in [-0.3, -0.25) is 0 Å². The molecule has 0 saturated heterocycles. The molecule has 4 aromatic heterocycles. The van der Waals surface area contributed by atoms with E-state index >= 15 is 0 Å². The van der Waals surface area contributed by atoms with Crippen LogP contribution in [0.25, 0.3) is 117 Å². The van der Waals surface area contributed by atoms with Crippen LogP contribution in [0.3, 0.4) is 0 Å². The zero-order chi connectivity index (χ0) is 37.5. The van der Waals surface area contributed by atoms with Gasteiger partial charge in [-0.05, 0) is 96.1 Å². The van der Waals surface area contributed by atoms with Gasteiger partial charge in [-0.25, -0.2) is 15.0 Å². The van der Waals surface area contributed by atoms with E-state index in [2.05, 4.69) is 114 Å². The van der Waals surface area contributed by atoms with Gasteiger partial charge in [0, 0.05) is 54.7 Å². The summed E-state index contributed by atoms with van der Waals surface area (Å²) in [6.45, 7) is 0. The zero-order valence-electron chi connectivity index (χ0n) is 30.4. The minimum Gasteiger partial charge on any atom is -0.456 e. The molecule has 0 radical (unpaired) electrons. The van der Waals surface area contributed by atoms with Gasteiger partial charge in [0.1, 0.15) is 22.3 Å². The first-order valence-electron chi connectivity index (χ1n) is 19.0. The number of hydrogen-bond donors (Lipinski definition) is 0. The second-order valence-electron chi connectivity index (χ2n) is 14.4. The average Bonchev–Trinajstić information content (AvgIpc) is 3.95. The highest BCUT2D eigenvalue weighted by atomic mass is 16.3. The van der Waals surface area contributed by atoms with Crippen molar-refractivity contribution in [2.24, 2.45) is 0 Å². The molecule has 0 atom stereocenters. The lowest BCUT2D eigenvalue weighted by Gasteiger charge is -2.09. The summed E-state index contributed by atoms with van der Waals surface area (Å²) in [5.41, 5.74) is 11.8. The van der Waals surface area contributed by atoms with Crippen LogP contribution in [0.1, 0.15) is 0 Å². The number of hydrogen-bond acceptors (Lipinski definition) is 5. The Morgan fingerprint density at radius 2 is 0.737 bits per heavy atom. The Hall–Kier alpha value is -7.83. The first-order chi connectivity index (χ1) is 28.2. The lowest BCUT2D eigenvalue weighted by Crippen LogP contribution is -2.00. The van der Waals surface area contributed by atoms with Crippen LogP contribution in [-0.2, 0) is 0 Å². The molecule has 0 unspecified atom stereocenters. The molecule has 0 bridgehead atoms. The van der Waals surface area contributed by atoms with Crippen LogP contribution in [0.4, 0.5) is 0 Å². The van der Waals surface area contributed by atoms with Crippen LogP contribution in [-0.4, -0.2) is 19.5 Å². The van der Waals surface area contributed by atoms with Gasteiger partial charge >= 0.3 is 0 Å². The van der Waals surface area contributed by atoms with Gasteiger partial charge in [-0.1, -0.05) is 97.1 Å². The molecule has 0 fully saturated rings. The molecule has 266 valence electrons. The molecule has 12 rings (SSSR count). The minimum absolute atomic E-state index is 0.587. The van der Waals surface area contributed by atoms with E-state index in [-0.39, 0.29) is 0 Å². The summed E-state index contributed by atoms with van der Waals surface area (Å²) in [5.74, 6) is 1.79. The molecule has 57 heavy (non-hydrogen) atoms. The van der Waals surface area contributed by atoms with E-state index in [1.165, 1.54) is 21.8 Å². The summed E-state index contributed by atoms with van der Waals surface area (Å²) >= 11 is 0. The third-order valence-corrected chi connectivity index (χ3v) is 11.1. The number of aromatic nitrogens is 4. The first kappa shape index (κ1) is 31.5. The van der Waals surface area contributed by atoms with Crippen molar-refractivity contribution >= 4 is 65.7 Å². The van der Waals surface area contributed by atoms with Gasteiger partial charge < -0.3 is 13.4 Å². The second-order valence-corrected chi connectivity index (χ2v) is 14.4. The molecular weight excluding hydrogens is 701 g/mol.